The smallest absolute Gasteiger partial charge is 0.321 e. The summed E-state index contributed by atoms with van der Waals surface area (Å²) in [5, 5.41) is 5.87. The molecular formula is C18H26N4O2. The van der Waals surface area contributed by atoms with Crippen LogP contribution in [-0.2, 0) is 0 Å². The Morgan fingerprint density at radius 2 is 1.71 bits per heavy atom. The number of nitrogens with one attached hydrogen (secondary N) is 2. The number of amides is 3. The van der Waals surface area contributed by atoms with Crippen LogP contribution in [0.3, 0.4) is 0 Å². The van der Waals surface area contributed by atoms with Gasteiger partial charge in [-0.1, -0.05) is 0 Å². The second-order valence-electron chi connectivity index (χ2n) is 6.90. The number of urea groups is 1. The lowest BCUT2D eigenvalue weighted by atomic mass is 10.0. The number of carbonyl (C=O) groups excluding carboxylic acids is 2. The van der Waals surface area contributed by atoms with Crippen molar-refractivity contribution in [3.63, 3.8) is 0 Å². The molecule has 6 heteroatoms. The number of hydrogen-bond donors (Lipinski definition) is 2. The van der Waals surface area contributed by atoms with Crippen molar-refractivity contribution in [2.45, 2.75) is 37.8 Å². The lowest BCUT2D eigenvalue weighted by Crippen LogP contribution is -2.46. The van der Waals surface area contributed by atoms with E-state index in [-0.39, 0.29) is 18.0 Å². The first-order valence-electron chi connectivity index (χ1n) is 8.66. The van der Waals surface area contributed by atoms with E-state index in [0.717, 1.165) is 38.8 Å². The molecule has 1 saturated carbocycles. The summed E-state index contributed by atoms with van der Waals surface area (Å²) < 4.78 is 0. The average molecular weight is 330 g/mol. The zero-order valence-corrected chi connectivity index (χ0v) is 14.4. The lowest BCUT2D eigenvalue weighted by Gasteiger charge is -2.35. The topological polar surface area (TPSA) is 64.7 Å². The van der Waals surface area contributed by atoms with Crippen LogP contribution in [0.15, 0.2) is 24.3 Å². The van der Waals surface area contributed by atoms with E-state index in [0.29, 0.717) is 17.3 Å². The van der Waals surface area contributed by atoms with Gasteiger partial charge in [-0.2, -0.15) is 0 Å². The molecule has 3 amide bonds. The van der Waals surface area contributed by atoms with Crippen LogP contribution in [0.25, 0.3) is 0 Å². The van der Waals surface area contributed by atoms with Crippen molar-refractivity contribution in [1.82, 2.24) is 15.1 Å². The Morgan fingerprint density at radius 3 is 2.29 bits per heavy atom. The highest BCUT2D eigenvalue weighted by atomic mass is 16.2. The fourth-order valence-corrected chi connectivity index (χ4v) is 2.96. The molecule has 1 aromatic rings. The number of likely N-dealkylation sites (tertiary alicyclic amines) is 1. The first-order chi connectivity index (χ1) is 11.5. The summed E-state index contributed by atoms with van der Waals surface area (Å²) in [4.78, 5) is 28.4. The lowest BCUT2D eigenvalue weighted by molar-refractivity contribution is 0.0951. The van der Waals surface area contributed by atoms with Gasteiger partial charge in [-0.3, -0.25) is 4.79 Å². The molecular weight excluding hydrogens is 304 g/mol. The summed E-state index contributed by atoms with van der Waals surface area (Å²) in [5.74, 6) is -0.0428. The van der Waals surface area contributed by atoms with Gasteiger partial charge in [0, 0.05) is 30.4 Å². The van der Waals surface area contributed by atoms with Gasteiger partial charge in [0.2, 0.25) is 0 Å². The van der Waals surface area contributed by atoms with Crippen molar-refractivity contribution < 1.29 is 9.59 Å². The molecule has 0 bridgehead atoms. The van der Waals surface area contributed by atoms with Crippen LogP contribution in [0.4, 0.5) is 10.5 Å². The Labute approximate surface area is 143 Å². The standard InChI is InChI=1S/C18H26N4O2/c1-21-11-9-16(10-12-21)22(2)18(24)20-15-5-3-13(4-6-15)17(23)19-14-7-8-14/h3-6,14,16H,7-12H2,1-2H3,(H,19,23)(H,20,24). The van der Waals surface area contributed by atoms with Gasteiger partial charge in [0.15, 0.2) is 0 Å². The van der Waals surface area contributed by atoms with Gasteiger partial charge < -0.3 is 20.4 Å². The van der Waals surface area contributed by atoms with Crippen LogP contribution in [0.5, 0.6) is 0 Å². The van der Waals surface area contributed by atoms with Crippen LogP contribution in [0.1, 0.15) is 36.0 Å². The summed E-state index contributed by atoms with van der Waals surface area (Å²) in [7, 11) is 3.96. The molecule has 24 heavy (non-hydrogen) atoms. The third-order valence-corrected chi connectivity index (χ3v) is 4.87. The minimum absolute atomic E-state index is 0.0428. The van der Waals surface area contributed by atoms with Crippen LogP contribution in [0.2, 0.25) is 0 Å². The molecule has 0 atom stereocenters. The zero-order valence-electron chi connectivity index (χ0n) is 14.4. The van der Waals surface area contributed by atoms with E-state index >= 15 is 0 Å². The Bertz CT molecular complexity index is 590. The Balaban J connectivity index is 1.52. The minimum atomic E-state index is -0.0975. The molecule has 1 aromatic carbocycles. The fourth-order valence-electron chi connectivity index (χ4n) is 2.96. The molecule has 0 spiro atoms. The van der Waals surface area contributed by atoms with E-state index in [4.69, 9.17) is 0 Å². The predicted molar refractivity (Wildman–Crippen MR) is 94.2 cm³/mol. The van der Waals surface area contributed by atoms with Crippen molar-refractivity contribution in [1.29, 1.82) is 0 Å². The molecule has 2 fully saturated rings. The maximum atomic E-state index is 12.4. The average Bonchev–Trinajstić information content (AvgIpc) is 3.39. The van der Waals surface area contributed by atoms with Crippen LogP contribution in [-0.4, -0.2) is 61.0 Å². The summed E-state index contributed by atoms with van der Waals surface area (Å²) >= 11 is 0. The summed E-state index contributed by atoms with van der Waals surface area (Å²) in [5.41, 5.74) is 1.34. The number of hydrogen-bond acceptors (Lipinski definition) is 3. The molecule has 1 aliphatic carbocycles. The maximum absolute atomic E-state index is 12.4. The largest absolute Gasteiger partial charge is 0.349 e. The molecule has 0 unspecified atom stereocenters. The molecule has 0 radical (unpaired) electrons. The van der Waals surface area contributed by atoms with Gasteiger partial charge in [0.05, 0.1) is 0 Å². The highest BCUT2D eigenvalue weighted by Gasteiger charge is 2.25. The normalized spacial score (nSPS) is 18.9. The molecule has 2 aliphatic rings. The van der Waals surface area contributed by atoms with Gasteiger partial charge in [-0.25, -0.2) is 4.79 Å². The molecule has 3 rings (SSSR count). The first-order valence-corrected chi connectivity index (χ1v) is 8.66. The quantitative estimate of drug-likeness (QED) is 0.889. The van der Waals surface area contributed by atoms with E-state index in [9.17, 15) is 9.59 Å². The van der Waals surface area contributed by atoms with Gasteiger partial charge in [-0.15, -0.1) is 0 Å². The van der Waals surface area contributed by atoms with E-state index in [1.165, 1.54) is 0 Å². The molecule has 1 saturated heterocycles. The van der Waals surface area contributed by atoms with E-state index in [2.05, 4.69) is 22.6 Å². The maximum Gasteiger partial charge on any atom is 0.321 e. The van der Waals surface area contributed by atoms with Crippen molar-refractivity contribution in [2.24, 2.45) is 0 Å². The SMILES string of the molecule is CN1CCC(N(C)C(=O)Nc2ccc(C(=O)NC3CC3)cc2)CC1. The second kappa shape index (κ2) is 7.21. The number of anilines is 1. The highest BCUT2D eigenvalue weighted by Crippen LogP contribution is 2.20. The van der Waals surface area contributed by atoms with Crippen molar-refractivity contribution in [3.05, 3.63) is 29.8 Å². The van der Waals surface area contributed by atoms with Gasteiger partial charge in [-0.05, 0) is 70.1 Å². The Hall–Kier alpha value is -2.08. The number of piperidine rings is 1. The van der Waals surface area contributed by atoms with E-state index in [1.807, 2.05) is 7.05 Å². The molecule has 2 N–H and O–H groups in total. The third-order valence-electron chi connectivity index (χ3n) is 4.87. The molecule has 1 heterocycles. The van der Waals surface area contributed by atoms with Gasteiger partial charge >= 0.3 is 6.03 Å². The fraction of sp³-hybridized carbons (Fsp3) is 0.556. The molecule has 130 valence electrons. The molecule has 6 nitrogen and oxygen atoms in total. The van der Waals surface area contributed by atoms with Crippen LogP contribution >= 0.6 is 0 Å². The Morgan fingerprint density at radius 1 is 1.08 bits per heavy atom. The molecule has 1 aliphatic heterocycles. The summed E-state index contributed by atoms with van der Waals surface area (Å²) in [6, 6.07) is 7.60. The van der Waals surface area contributed by atoms with Crippen LogP contribution < -0.4 is 10.6 Å². The number of rotatable bonds is 4. The number of carbonyl (C=O) groups is 2. The zero-order chi connectivity index (χ0) is 17.1. The second-order valence-corrected chi connectivity index (χ2v) is 6.90. The van der Waals surface area contributed by atoms with E-state index in [1.54, 1.807) is 29.2 Å². The first kappa shape index (κ1) is 16.8. The van der Waals surface area contributed by atoms with Gasteiger partial charge in [0.1, 0.15) is 0 Å². The van der Waals surface area contributed by atoms with Gasteiger partial charge in [0.25, 0.3) is 5.91 Å². The van der Waals surface area contributed by atoms with Crippen LogP contribution in [0, 0.1) is 0 Å². The monoisotopic (exact) mass is 330 g/mol. The summed E-state index contributed by atoms with van der Waals surface area (Å²) in [6.45, 7) is 2.04. The third kappa shape index (κ3) is 4.26. The minimum Gasteiger partial charge on any atom is -0.349 e. The van der Waals surface area contributed by atoms with Crippen molar-refractivity contribution in [2.75, 3.05) is 32.5 Å². The summed E-state index contributed by atoms with van der Waals surface area (Å²) in [6.07, 6.45) is 4.15. The van der Waals surface area contributed by atoms with Crippen molar-refractivity contribution >= 4 is 17.6 Å². The predicted octanol–water partition coefficient (Wildman–Crippen LogP) is 2.14. The number of nitrogens with zero attached hydrogens (tertiary/aromatic N) is 2. The van der Waals surface area contributed by atoms with E-state index < -0.39 is 0 Å². The molecule has 0 aromatic heterocycles. The Kier molecular flexibility index (Phi) is 5.04. The highest BCUT2D eigenvalue weighted by molar-refractivity contribution is 5.95. The van der Waals surface area contributed by atoms with Crippen molar-refractivity contribution in [3.8, 4) is 0 Å². The number of benzene rings is 1.